The molecule has 1 N–H and O–H groups in total. The number of rotatable bonds is 7. The van der Waals surface area contributed by atoms with Crippen molar-refractivity contribution in [3.8, 4) is 0 Å². The monoisotopic (exact) mass is 439 g/mol. The van der Waals surface area contributed by atoms with E-state index in [0.29, 0.717) is 50.2 Å². The maximum absolute atomic E-state index is 12.9. The molecular weight excluding hydrogens is 406 g/mol. The Morgan fingerprint density at radius 3 is 2.37 bits per heavy atom. The van der Waals surface area contributed by atoms with Crippen LogP contribution in [0.25, 0.3) is 0 Å². The van der Waals surface area contributed by atoms with E-state index in [1.54, 1.807) is 0 Å². The number of piperidine rings is 1. The predicted octanol–water partition coefficient (Wildman–Crippen LogP) is 1.92. The maximum Gasteiger partial charge on any atom is 0.293 e. The van der Waals surface area contributed by atoms with Gasteiger partial charge in [0.25, 0.3) is 5.69 Å². The third-order valence-corrected chi connectivity index (χ3v) is 7.85. The molecule has 10 heteroatoms. The van der Waals surface area contributed by atoms with Gasteiger partial charge in [0.1, 0.15) is 5.69 Å². The van der Waals surface area contributed by atoms with Gasteiger partial charge in [-0.1, -0.05) is 13.8 Å². The highest BCUT2D eigenvalue weighted by Gasteiger charge is 2.29. The third-order valence-electron chi connectivity index (χ3n) is 5.95. The number of anilines is 1. The first-order valence-electron chi connectivity index (χ1n) is 10.6. The van der Waals surface area contributed by atoms with Gasteiger partial charge in [-0.3, -0.25) is 10.1 Å². The van der Waals surface area contributed by atoms with Gasteiger partial charge in [-0.15, -0.1) is 0 Å². The number of piperazine rings is 1. The van der Waals surface area contributed by atoms with E-state index >= 15 is 0 Å². The van der Waals surface area contributed by atoms with Crippen molar-refractivity contribution in [2.45, 2.75) is 25.2 Å². The smallest absolute Gasteiger partial charge is 0.293 e. The predicted molar refractivity (Wildman–Crippen MR) is 117 cm³/mol. The number of hydrogen-bond donors (Lipinski definition) is 1. The number of hydrogen-bond acceptors (Lipinski definition) is 7. The molecule has 9 nitrogen and oxygen atoms in total. The van der Waals surface area contributed by atoms with Crippen LogP contribution >= 0.6 is 0 Å². The molecule has 2 heterocycles. The number of sulfonamides is 1. The molecule has 1 aromatic carbocycles. The zero-order valence-corrected chi connectivity index (χ0v) is 18.9. The van der Waals surface area contributed by atoms with E-state index in [9.17, 15) is 18.5 Å². The largest absolute Gasteiger partial charge is 0.378 e. The fourth-order valence-corrected chi connectivity index (χ4v) is 5.92. The Morgan fingerprint density at radius 2 is 1.77 bits per heavy atom. The second kappa shape index (κ2) is 9.59. The molecule has 30 heavy (non-hydrogen) atoms. The molecule has 2 atom stereocenters. The van der Waals surface area contributed by atoms with Crippen LogP contribution in [0.1, 0.15) is 20.3 Å². The molecule has 0 amide bonds. The van der Waals surface area contributed by atoms with Crippen molar-refractivity contribution >= 4 is 21.4 Å². The minimum atomic E-state index is -3.74. The van der Waals surface area contributed by atoms with E-state index < -0.39 is 14.9 Å². The summed E-state index contributed by atoms with van der Waals surface area (Å²) in [7, 11) is -1.80. The maximum atomic E-state index is 12.9. The van der Waals surface area contributed by atoms with Crippen molar-refractivity contribution in [2.24, 2.45) is 11.8 Å². The molecule has 2 aliphatic heterocycles. The standard InChI is InChI=1S/C20H33N5O4S/c1-16-12-17(2)15-23(14-16)7-6-21-19-5-4-18(13-20(19)25(26)27)30(28,29)24-10-8-22(3)9-11-24/h4-5,13,16-17,21H,6-12,14-15H2,1-3H3/t16-,17-/m0/s1. The minimum absolute atomic E-state index is 0.0250. The summed E-state index contributed by atoms with van der Waals surface area (Å²) in [5.74, 6) is 1.31. The van der Waals surface area contributed by atoms with Gasteiger partial charge in [0.2, 0.25) is 10.0 Å². The van der Waals surface area contributed by atoms with E-state index in [2.05, 4.69) is 29.0 Å². The lowest BCUT2D eigenvalue weighted by Gasteiger charge is -2.35. The molecular formula is C20H33N5O4S. The van der Waals surface area contributed by atoms with Crippen LogP contribution in [0.2, 0.25) is 0 Å². The molecule has 2 aliphatic rings. The third kappa shape index (κ3) is 5.48. The van der Waals surface area contributed by atoms with Crippen LogP contribution in [0.3, 0.4) is 0 Å². The molecule has 0 radical (unpaired) electrons. The first-order valence-corrected chi connectivity index (χ1v) is 12.0. The Balaban J connectivity index is 1.68. The van der Waals surface area contributed by atoms with E-state index in [1.807, 2.05) is 7.05 Å². The van der Waals surface area contributed by atoms with Crippen LogP contribution in [0.5, 0.6) is 0 Å². The lowest BCUT2D eigenvalue weighted by Crippen LogP contribution is -2.47. The molecule has 0 saturated carbocycles. The lowest BCUT2D eigenvalue weighted by molar-refractivity contribution is -0.384. The molecule has 2 saturated heterocycles. The van der Waals surface area contributed by atoms with Crippen LogP contribution in [-0.4, -0.2) is 86.9 Å². The lowest BCUT2D eigenvalue weighted by atomic mass is 9.92. The van der Waals surface area contributed by atoms with E-state index in [-0.39, 0.29) is 10.6 Å². The zero-order chi connectivity index (χ0) is 21.9. The summed E-state index contributed by atoms with van der Waals surface area (Å²) < 4.78 is 27.2. The summed E-state index contributed by atoms with van der Waals surface area (Å²) in [6, 6.07) is 4.16. The Labute approximate surface area is 179 Å². The zero-order valence-electron chi connectivity index (χ0n) is 18.1. The molecule has 0 bridgehead atoms. The Kier molecular flexibility index (Phi) is 7.33. The highest BCUT2D eigenvalue weighted by Crippen LogP contribution is 2.29. The van der Waals surface area contributed by atoms with Gasteiger partial charge in [0.15, 0.2) is 0 Å². The van der Waals surface area contributed by atoms with Gasteiger partial charge in [-0.25, -0.2) is 8.42 Å². The fraction of sp³-hybridized carbons (Fsp3) is 0.700. The number of nitro groups is 1. The Hall–Kier alpha value is -1.75. The molecule has 2 fully saturated rings. The molecule has 3 rings (SSSR count). The van der Waals surface area contributed by atoms with Gasteiger partial charge in [-0.05, 0) is 37.4 Å². The van der Waals surface area contributed by atoms with Gasteiger partial charge >= 0.3 is 0 Å². The summed E-state index contributed by atoms with van der Waals surface area (Å²) in [5, 5.41) is 14.7. The van der Waals surface area contributed by atoms with Crippen LogP contribution in [0, 0.1) is 22.0 Å². The van der Waals surface area contributed by atoms with Crippen molar-refractivity contribution in [2.75, 3.05) is 64.7 Å². The topological polar surface area (TPSA) is 99.0 Å². The number of nitro benzene ring substituents is 1. The van der Waals surface area contributed by atoms with Gasteiger partial charge < -0.3 is 15.1 Å². The van der Waals surface area contributed by atoms with Gasteiger partial charge in [0, 0.05) is 58.4 Å². The van der Waals surface area contributed by atoms with Crippen molar-refractivity contribution in [3.63, 3.8) is 0 Å². The first kappa shape index (κ1) is 22.9. The normalized spacial score (nSPS) is 24.6. The van der Waals surface area contributed by atoms with E-state index in [1.165, 1.54) is 28.9 Å². The molecule has 0 spiro atoms. The fourth-order valence-electron chi connectivity index (χ4n) is 4.47. The molecule has 1 aromatic rings. The first-order chi connectivity index (χ1) is 14.2. The minimum Gasteiger partial charge on any atom is -0.378 e. The highest BCUT2D eigenvalue weighted by atomic mass is 32.2. The molecule has 0 unspecified atom stereocenters. The summed E-state index contributed by atoms with van der Waals surface area (Å²) in [5.41, 5.74) is 0.154. The summed E-state index contributed by atoms with van der Waals surface area (Å²) in [6.07, 6.45) is 1.23. The van der Waals surface area contributed by atoms with Crippen molar-refractivity contribution < 1.29 is 13.3 Å². The van der Waals surface area contributed by atoms with Crippen LogP contribution < -0.4 is 5.32 Å². The number of nitrogens with one attached hydrogen (secondary N) is 1. The van der Waals surface area contributed by atoms with Crippen molar-refractivity contribution in [3.05, 3.63) is 28.3 Å². The summed E-state index contributed by atoms with van der Waals surface area (Å²) in [4.78, 5) is 15.5. The SMILES string of the molecule is C[C@H]1C[C@H](C)CN(CCNc2ccc(S(=O)(=O)N3CCN(C)CC3)cc2[N+](=O)[O-])C1. The van der Waals surface area contributed by atoms with Crippen LogP contribution in [-0.2, 0) is 10.0 Å². The number of benzene rings is 1. The second-order valence-electron chi connectivity index (χ2n) is 8.78. The Bertz CT molecular complexity index is 845. The van der Waals surface area contributed by atoms with Crippen molar-refractivity contribution in [1.82, 2.24) is 14.1 Å². The second-order valence-corrected chi connectivity index (χ2v) is 10.7. The van der Waals surface area contributed by atoms with E-state index in [0.717, 1.165) is 19.6 Å². The average Bonchev–Trinajstić information content (AvgIpc) is 2.67. The van der Waals surface area contributed by atoms with Gasteiger partial charge in [-0.2, -0.15) is 4.31 Å². The average molecular weight is 440 g/mol. The number of nitrogens with zero attached hydrogens (tertiary/aromatic N) is 4. The Morgan fingerprint density at radius 1 is 1.13 bits per heavy atom. The van der Waals surface area contributed by atoms with E-state index in [4.69, 9.17) is 0 Å². The summed E-state index contributed by atoms with van der Waals surface area (Å²) >= 11 is 0. The molecule has 0 aliphatic carbocycles. The van der Waals surface area contributed by atoms with Gasteiger partial charge in [0.05, 0.1) is 9.82 Å². The molecule has 0 aromatic heterocycles. The number of likely N-dealkylation sites (tertiary alicyclic amines) is 1. The highest BCUT2D eigenvalue weighted by molar-refractivity contribution is 7.89. The van der Waals surface area contributed by atoms with Crippen molar-refractivity contribution in [1.29, 1.82) is 0 Å². The van der Waals surface area contributed by atoms with Crippen LogP contribution in [0.15, 0.2) is 23.1 Å². The molecule has 168 valence electrons. The number of likely N-dealkylation sites (N-methyl/N-ethyl adjacent to an activating group) is 1. The van der Waals surface area contributed by atoms with Crippen LogP contribution in [0.4, 0.5) is 11.4 Å². The summed E-state index contributed by atoms with van der Waals surface area (Å²) in [6.45, 7) is 10.0. The quantitative estimate of drug-likeness (QED) is 0.512.